The van der Waals surface area contributed by atoms with Gasteiger partial charge in [0, 0.05) is 17.0 Å². The van der Waals surface area contributed by atoms with Crippen molar-refractivity contribution >= 4 is 17.2 Å². The number of amides is 1. The molecule has 5 heteroatoms. The van der Waals surface area contributed by atoms with Crippen LogP contribution in [0.2, 0.25) is 0 Å². The number of fused-ring (bicyclic) bond motifs is 1. The van der Waals surface area contributed by atoms with Crippen LogP contribution in [0.25, 0.3) is 0 Å². The lowest BCUT2D eigenvalue weighted by Gasteiger charge is -2.36. The van der Waals surface area contributed by atoms with Crippen LogP contribution in [-0.4, -0.2) is 24.5 Å². The first-order chi connectivity index (χ1) is 12.7. The first-order valence-electron chi connectivity index (χ1n) is 8.44. The van der Waals surface area contributed by atoms with Crippen molar-refractivity contribution in [1.82, 2.24) is 4.90 Å². The largest absolute Gasteiger partial charge is 0.497 e. The van der Waals surface area contributed by atoms with Gasteiger partial charge in [-0.3, -0.25) is 4.79 Å². The van der Waals surface area contributed by atoms with Crippen molar-refractivity contribution in [3.8, 4) is 5.75 Å². The van der Waals surface area contributed by atoms with Crippen LogP contribution in [0.3, 0.4) is 0 Å². The fourth-order valence-corrected chi connectivity index (χ4v) is 4.37. The molecular formula is C21H18FNO2S. The summed E-state index contributed by atoms with van der Waals surface area (Å²) in [6.45, 7) is 0.631. The van der Waals surface area contributed by atoms with Crippen LogP contribution >= 0.6 is 11.3 Å². The van der Waals surface area contributed by atoms with E-state index in [-0.39, 0.29) is 17.8 Å². The summed E-state index contributed by atoms with van der Waals surface area (Å²) in [5.41, 5.74) is 2.64. The van der Waals surface area contributed by atoms with Crippen LogP contribution in [-0.2, 0) is 6.42 Å². The summed E-state index contributed by atoms with van der Waals surface area (Å²) in [7, 11) is 1.59. The highest BCUT2D eigenvalue weighted by Gasteiger charge is 2.33. The minimum absolute atomic E-state index is 0.0462. The summed E-state index contributed by atoms with van der Waals surface area (Å²) >= 11 is 1.71. The Balaban J connectivity index is 1.76. The lowest BCUT2D eigenvalue weighted by atomic mass is 9.92. The molecule has 2 heterocycles. The predicted octanol–water partition coefficient (Wildman–Crippen LogP) is 4.68. The highest BCUT2D eigenvalue weighted by atomic mass is 32.1. The third-order valence-electron chi connectivity index (χ3n) is 4.73. The van der Waals surface area contributed by atoms with Gasteiger partial charge < -0.3 is 9.64 Å². The van der Waals surface area contributed by atoms with E-state index in [9.17, 15) is 9.18 Å². The molecule has 0 N–H and O–H groups in total. The van der Waals surface area contributed by atoms with Crippen molar-refractivity contribution in [2.45, 2.75) is 12.5 Å². The van der Waals surface area contributed by atoms with E-state index in [2.05, 4.69) is 11.4 Å². The Labute approximate surface area is 155 Å². The van der Waals surface area contributed by atoms with Crippen LogP contribution in [0, 0.1) is 5.82 Å². The topological polar surface area (TPSA) is 29.5 Å². The van der Waals surface area contributed by atoms with Crippen LogP contribution < -0.4 is 4.74 Å². The smallest absolute Gasteiger partial charge is 0.254 e. The van der Waals surface area contributed by atoms with Gasteiger partial charge in [-0.1, -0.05) is 18.2 Å². The van der Waals surface area contributed by atoms with Gasteiger partial charge in [-0.15, -0.1) is 11.3 Å². The summed E-state index contributed by atoms with van der Waals surface area (Å²) in [6.07, 6.45) is 0.834. The number of halogens is 1. The summed E-state index contributed by atoms with van der Waals surface area (Å²) in [5, 5.41) is 2.06. The average Bonchev–Trinajstić information content (AvgIpc) is 3.16. The molecule has 4 rings (SSSR count). The molecule has 3 aromatic rings. The number of hydrogen-bond acceptors (Lipinski definition) is 3. The van der Waals surface area contributed by atoms with Crippen molar-refractivity contribution in [3.05, 3.63) is 87.4 Å². The van der Waals surface area contributed by atoms with Crippen molar-refractivity contribution in [2.75, 3.05) is 13.7 Å². The van der Waals surface area contributed by atoms with Gasteiger partial charge in [0.25, 0.3) is 5.91 Å². The number of carbonyl (C=O) groups excluding carboxylic acids is 1. The van der Waals surface area contributed by atoms with Crippen LogP contribution in [0.4, 0.5) is 4.39 Å². The predicted molar refractivity (Wildman–Crippen MR) is 100 cm³/mol. The van der Waals surface area contributed by atoms with E-state index in [4.69, 9.17) is 4.74 Å². The molecular weight excluding hydrogens is 349 g/mol. The molecule has 1 amide bonds. The number of hydrogen-bond donors (Lipinski definition) is 0. The molecule has 0 radical (unpaired) electrons. The zero-order valence-electron chi connectivity index (χ0n) is 14.3. The summed E-state index contributed by atoms with van der Waals surface area (Å²) in [4.78, 5) is 16.4. The standard InChI is InChI=1S/C21H18FNO2S/c1-25-17-4-2-3-15(13-17)21(24)23-11-9-19-18(10-12-26-19)20(23)14-5-7-16(22)8-6-14/h2-8,10,12-13,20H,9,11H2,1H3/t20-/m1/s1. The molecule has 0 saturated carbocycles. The summed E-state index contributed by atoms with van der Waals surface area (Å²) in [6, 6.07) is 15.5. The van der Waals surface area contributed by atoms with Crippen molar-refractivity contribution in [3.63, 3.8) is 0 Å². The monoisotopic (exact) mass is 367 g/mol. The van der Waals surface area contributed by atoms with E-state index >= 15 is 0 Å². The first kappa shape index (κ1) is 16.8. The number of methoxy groups -OCH3 is 1. The molecule has 0 spiro atoms. The molecule has 26 heavy (non-hydrogen) atoms. The summed E-state index contributed by atoms with van der Waals surface area (Å²) in [5.74, 6) is 0.332. The van der Waals surface area contributed by atoms with E-state index in [1.54, 1.807) is 42.7 Å². The third-order valence-corrected chi connectivity index (χ3v) is 5.73. The minimum Gasteiger partial charge on any atom is -0.497 e. The van der Waals surface area contributed by atoms with Gasteiger partial charge >= 0.3 is 0 Å². The third kappa shape index (κ3) is 2.99. The number of nitrogens with zero attached hydrogens (tertiary/aromatic N) is 1. The molecule has 0 saturated heterocycles. The molecule has 0 bridgehead atoms. The lowest BCUT2D eigenvalue weighted by Crippen LogP contribution is -2.40. The van der Waals surface area contributed by atoms with E-state index in [1.807, 2.05) is 17.0 Å². The van der Waals surface area contributed by atoms with E-state index in [0.717, 1.165) is 17.5 Å². The Hall–Kier alpha value is -2.66. The Morgan fingerprint density at radius 2 is 2.00 bits per heavy atom. The second-order valence-corrected chi connectivity index (χ2v) is 7.23. The quantitative estimate of drug-likeness (QED) is 0.672. The zero-order chi connectivity index (χ0) is 18.1. The molecule has 2 aromatic carbocycles. The summed E-state index contributed by atoms with van der Waals surface area (Å²) < 4.78 is 18.7. The number of carbonyl (C=O) groups is 1. The number of benzene rings is 2. The second-order valence-electron chi connectivity index (χ2n) is 6.23. The molecule has 0 aliphatic carbocycles. The Morgan fingerprint density at radius 3 is 2.77 bits per heavy atom. The molecule has 1 atom stereocenters. The molecule has 1 aliphatic rings. The Morgan fingerprint density at radius 1 is 1.19 bits per heavy atom. The average molecular weight is 367 g/mol. The second kappa shape index (κ2) is 6.92. The van der Waals surface area contributed by atoms with Gasteiger partial charge in [0.1, 0.15) is 11.6 Å². The molecule has 0 fully saturated rings. The number of thiophene rings is 1. The molecule has 3 nitrogen and oxygen atoms in total. The maximum atomic E-state index is 13.4. The zero-order valence-corrected chi connectivity index (χ0v) is 15.1. The van der Waals surface area contributed by atoms with E-state index in [1.165, 1.54) is 17.0 Å². The van der Waals surface area contributed by atoms with Crippen LogP contribution in [0.1, 0.15) is 32.4 Å². The van der Waals surface area contributed by atoms with Gasteiger partial charge in [0.05, 0.1) is 13.2 Å². The van der Waals surface area contributed by atoms with Gasteiger partial charge in [-0.2, -0.15) is 0 Å². The van der Waals surface area contributed by atoms with Gasteiger partial charge in [0.2, 0.25) is 0 Å². The maximum Gasteiger partial charge on any atom is 0.254 e. The Kier molecular flexibility index (Phi) is 4.47. The van der Waals surface area contributed by atoms with Crippen molar-refractivity contribution < 1.29 is 13.9 Å². The lowest BCUT2D eigenvalue weighted by molar-refractivity contribution is 0.0695. The van der Waals surface area contributed by atoms with Crippen LogP contribution in [0.15, 0.2) is 60.0 Å². The SMILES string of the molecule is COc1cccc(C(=O)N2CCc3sccc3[C@H]2c2ccc(F)cc2)c1. The van der Waals surface area contributed by atoms with Crippen LogP contribution in [0.5, 0.6) is 5.75 Å². The highest BCUT2D eigenvalue weighted by molar-refractivity contribution is 7.10. The molecule has 132 valence electrons. The van der Waals surface area contributed by atoms with Crippen molar-refractivity contribution in [2.24, 2.45) is 0 Å². The highest BCUT2D eigenvalue weighted by Crippen LogP contribution is 2.38. The fraction of sp³-hybridized carbons (Fsp3) is 0.190. The molecule has 1 aliphatic heterocycles. The Bertz CT molecular complexity index is 935. The van der Waals surface area contributed by atoms with Gasteiger partial charge in [0.15, 0.2) is 0 Å². The first-order valence-corrected chi connectivity index (χ1v) is 9.32. The number of ether oxygens (including phenoxy) is 1. The van der Waals surface area contributed by atoms with Crippen molar-refractivity contribution in [1.29, 1.82) is 0 Å². The van der Waals surface area contributed by atoms with E-state index < -0.39 is 0 Å². The molecule has 1 aromatic heterocycles. The molecule has 0 unspecified atom stereocenters. The number of rotatable bonds is 3. The normalized spacial score (nSPS) is 16.2. The van der Waals surface area contributed by atoms with Gasteiger partial charge in [-0.05, 0) is 59.3 Å². The van der Waals surface area contributed by atoms with E-state index in [0.29, 0.717) is 17.9 Å². The fourth-order valence-electron chi connectivity index (χ4n) is 3.46. The maximum absolute atomic E-state index is 13.4. The minimum atomic E-state index is -0.277. The van der Waals surface area contributed by atoms with Gasteiger partial charge in [-0.25, -0.2) is 4.39 Å².